The van der Waals surface area contributed by atoms with Gasteiger partial charge in [-0.2, -0.15) is 0 Å². The van der Waals surface area contributed by atoms with Crippen LogP contribution in [0.1, 0.15) is 50.4 Å². The lowest BCUT2D eigenvalue weighted by Crippen LogP contribution is -2.30. The monoisotopic (exact) mass is 548 g/mol. The number of ether oxygens (including phenoxy) is 1. The van der Waals surface area contributed by atoms with Gasteiger partial charge in [0.2, 0.25) is 0 Å². The lowest BCUT2D eigenvalue weighted by atomic mass is 9.94. The van der Waals surface area contributed by atoms with E-state index in [1.807, 2.05) is 46.8 Å². The van der Waals surface area contributed by atoms with E-state index in [1.54, 1.807) is 30.3 Å². The van der Waals surface area contributed by atoms with E-state index in [0.29, 0.717) is 29.4 Å². The molecule has 8 heteroatoms. The van der Waals surface area contributed by atoms with E-state index >= 15 is 0 Å². The molecule has 0 saturated carbocycles. The lowest BCUT2D eigenvalue weighted by Gasteiger charge is -2.27. The molecule has 3 aromatic carbocycles. The molecule has 0 aromatic heterocycles. The fourth-order valence-corrected chi connectivity index (χ4v) is 4.89. The van der Waals surface area contributed by atoms with Crippen molar-refractivity contribution < 1.29 is 28.2 Å². The van der Waals surface area contributed by atoms with Gasteiger partial charge in [-0.05, 0) is 80.3 Å². The predicted molar refractivity (Wildman–Crippen MR) is 153 cm³/mol. The largest absolute Gasteiger partial charge is 0.507 e. The number of aryl methyl sites for hydroxylation is 1. The van der Waals surface area contributed by atoms with Crippen molar-refractivity contribution in [2.75, 3.05) is 29.5 Å². The van der Waals surface area contributed by atoms with Gasteiger partial charge in [-0.25, -0.2) is 8.78 Å². The Morgan fingerprint density at radius 1 is 1.00 bits per heavy atom. The third-order valence-corrected chi connectivity index (χ3v) is 6.97. The quantitative estimate of drug-likeness (QED) is 0.181. The molecular formula is C32H34F2N2O4. The fraction of sp³-hybridized carbons (Fsp3) is 0.312. The summed E-state index contributed by atoms with van der Waals surface area (Å²) in [6.07, 6.45) is 0. The number of carbonyl (C=O) groups excluding carboxylic acids is 2. The van der Waals surface area contributed by atoms with Crippen LogP contribution < -0.4 is 14.5 Å². The van der Waals surface area contributed by atoms with E-state index in [1.165, 1.54) is 0 Å². The summed E-state index contributed by atoms with van der Waals surface area (Å²) in [4.78, 5) is 29.8. The maximum absolute atomic E-state index is 15.0. The molecule has 0 radical (unpaired) electrons. The van der Waals surface area contributed by atoms with Crippen molar-refractivity contribution >= 4 is 28.8 Å². The second-order valence-electron chi connectivity index (χ2n) is 10.2. The van der Waals surface area contributed by atoms with Crippen molar-refractivity contribution in [3.63, 3.8) is 0 Å². The number of nitrogens with zero attached hydrogens (tertiary/aromatic N) is 2. The Balaban J connectivity index is 1.87. The molecule has 0 bridgehead atoms. The summed E-state index contributed by atoms with van der Waals surface area (Å²) in [5.74, 6) is -3.13. The maximum Gasteiger partial charge on any atom is 0.300 e. The Hall–Kier alpha value is -4.20. The van der Waals surface area contributed by atoms with Gasteiger partial charge in [0.1, 0.15) is 23.1 Å². The van der Waals surface area contributed by atoms with E-state index < -0.39 is 35.1 Å². The summed E-state index contributed by atoms with van der Waals surface area (Å²) in [6, 6.07) is 13.7. The number of Topliss-reactive ketones (excluding diaryl/α,β-unsaturated/α-hetero) is 1. The van der Waals surface area contributed by atoms with Crippen molar-refractivity contribution in [3.05, 3.63) is 94.6 Å². The summed E-state index contributed by atoms with van der Waals surface area (Å²) in [5, 5.41) is 11.4. The van der Waals surface area contributed by atoms with Crippen LogP contribution >= 0.6 is 0 Å². The number of amides is 1. The van der Waals surface area contributed by atoms with E-state index in [9.17, 15) is 23.5 Å². The van der Waals surface area contributed by atoms with E-state index in [4.69, 9.17) is 4.74 Å². The van der Waals surface area contributed by atoms with Crippen LogP contribution in [0.5, 0.6) is 5.75 Å². The number of rotatable bonds is 9. The van der Waals surface area contributed by atoms with Crippen LogP contribution in [0.4, 0.5) is 20.2 Å². The minimum Gasteiger partial charge on any atom is -0.507 e. The number of hydrogen-bond donors (Lipinski definition) is 1. The van der Waals surface area contributed by atoms with Crippen LogP contribution in [-0.2, 0) is 9.59 Å². The molecule has 1 aliphatic heterocycles. The second-order valence-corrected chi connectivity index (χ2v) is 10.2. The van der Waals surface area contributed by atoms with Crippen LogP contribution in [0.3, 0.4) is 0 Å². The molecule has 1 amide bonds. The van der Waals surface area contributed by atoms with Gasteiger partial charge in [0.05, 0.1) is 23.9 Å². The highest BCUT2D eigenvalue weighted by Crippen LogP contribution is 2.43. The average molecular weight is 549 g/mol. The van der Waals surface area contributed by atoms with E-state index in [-0.39, 0.29) is 11.3 Å². The molecule has 0 spiro atoms. The molecule has 1 atom stereocenters. The Labute approximate surface area is 233 Å². The highest BCUT2D eigenvalue weighted by Gasteiger charge is 2.48. The molecule has 1 fully saturated rings. The van der Waals surface area contributed by atoms with Gasteiger partial charge in [-0.3, -0.25) is 14.5 Å². The molecule has 1 saturated heterocycles. The lowest BCUT2D eigenvalue weighted by molar-refractivity contribution is -0.132. The van der Waals surface area contributed by atoms with Gasteiger partial charge in [0, 0.05) is 30.4 Å². The van der Waals surface area contributed by atoms with Crippen LogP contribution in [-0.4, -0.2) is 36.5 Å². The zero-order valence-electron chi connectivity index (χ0n) is 23.4. The molecule has 0 aliphatic carbocycles. The number of carbonyl (C=O) groups is 2. The Kier molecular flexibility index (Phi) is 8.57. The minimum absolute atomic E-state index is 0.209. The first-order chi connectivity index (χ1) is 19.1. The van der Waals surface area contributed by atoms with Gasteiger partial charge in [0.15, 0.2) is 0 Å². The number of hydrogen-bond acceptors (Lipinski definition) is 5. The number of ketones is 1. The third kappa shape index (κ3) is 5.57. The van der Waals surface area contributed by atoms with Crippen molar-refractivity contribution in [3.8, 4) is 5.75 Å². The molecule has 1 heterocycles. The number of halogens is 2. The smallest absolute Gasteiger partial charge is 0.300 e. The van der Waals surface area contributed by atoms with Crippen LogP contribution in [0.15, 0.2) is 66.2 Å². The maximum atomic E-state index is 15.0. The SMILES string of the molecule is CCN(CC)c1ccc(C2/C(=C(\O)c3ccc(OCC(C)C)c(C)c3)C(=O)C(=O)N2c2cc(F)ccc2F)cc1. The predicted octanol–water partition coefficient (Wildman–Crippen LogP) is 6.78. The molecule has 210 valence electrons. The summed E-state index contributed by atoms with van der Waals surface area (Å²) in [7, 11) is 0. The van der Waals surface area contributed by atoms with Gasteiger partial charge < -0.3 is 14.7 Å². The summed E-state index contributed by atoms with van der Waals surface area (Å²) in [6.45, 7) is 12.0. The Morgan fingerprint density at radius 3 is 2.27 bits per heavy atom. The van der Waals surface area contributed by atoms with Crippen LogP contribution in [0, 0.1) is 24.5 Å². The molecule has 1 N–H and O–H groups in total. The molecule has 1 aliphatic rings. The zero-order valence-corrected chi connectivity index (χ0v) is 23.4. The molecule has 1 unspecified atom stereocenters. The highest BCUT2D eigenvalue weighted by atomic mass is 19.1. The minimum atomic E-state index is -1.18. The molecule has 3 aromatic rings. The molecule has 4 rings (SSSR count). The van der Waals surface area contributed by atoms with E-state index in [0.717, 1.165) is 47.4 Å². The zero-order chi connectivity index (χ0) is 29.1. The average Bonchev–Trinajstić information content (AvgIpc) is 3.19. The number of benzene rings is 3. The Morgan fingerprint density at radius 2 is 1.68 bits per heavy atom. The number of anilines is 2. The van der Waals surface area contributed by atoms with Crippen LogP contribution in [0.2, 0.25) is 0 Å². The standard InChI is InChI=1S/C32H34F2N2O4/c1-6-35(7-2)24-12-8-21(9-13-24)29-28(30(37)22-10-15-27(20(5)16-22)40-18-19(3)4)31(38)32(39)36(29)26-17-23(33)11-14-25(26)34/h8-17,19,29,37H,6-7,18H2,1-5H3/b30-28+. The highest BCUT2D eigenvalue weighted by molar-refractivity contribution is 6.51. The van der Waals surface area contributed by atoms with Crippen molar-refractivity contribution in [1.29, 1.82) is 0 Å². The first-order valence-electron chi connectivity index (χ1n) is 13.4. The van der Waals surface area contributed by atoms with Crippen molar-refractivity contribution in [1.82, 2.24) is 0 Å². The van der Waals surface area contributed by atoms with Crippen LogP contribution in [0.25, 0.3) is 5.76 Å². The first-order valence-corrected chi connectivity index (χ1v) is 13.4. The van der Waals surface area contributed by atoms with Crippen molar-refractivity contribution in [2.24, 2.45) is 5.92 Å². The molecule has 40 heavy (non-hydrogen) atoms. The molecule has 6 nitrogen and oxygen atoms in total. The summed E-state index contributed by atoms with van der Waals surface area (Å²) >= 11 is 0. The summed E-state index contributed by atoms with van der Waals surface area (Å²) < 4.78 is 35.0. The van der Waals surface area contributed by atoms with Gasteiger partial charge >= 0.3 is 0 Å². The summed E-state index contributed by atoms with van der Waals surface area (Å²) in [5.41, 5.74) is 1.84. The number of aliphatic hydroxyl groups excluding tert-OH is 1. The second kappa shape index (κ2) is 11.9. The van der Waals surface area contributed by atoms with Gasteiger partial charge in [-0.1, -0.05) is 26.0 Å². The number of aliphatic hydroxyl groups is 1. The normalized spacial score (nSPS) is 16.6. The molecular weight excluding hydrogens is 514 g/mol. The van der Waals surface area contributed by atoms with Gasteiger partial charge in [-0.15, -0.1) is 0 Å². The fourth-order valence-electron chi connectivity index (χ4n) is 4.89. The first kappa shape index (κ1) is 28.8. The topological polar surface area (TPSA) is 70.1 Å². The van der Waals surface area contributed by atoms with Gasteiger partial charge in [0.25, 0.3) is 11.7 Å². The van der Waals surface area contributed by atoms with E-state index in [2.05, 4.69) is 4.90 Å². The van der Waals surface area contributed by atoms with Crippen molar-refractivity contribution in [2.45, 2.75) is 40.7 Å². The Bertz CT molecular complexity index is 1450. The third-order valence-electron chi connectivity index (χ3n) is 6.97.